The van der Waals surface area contributed by atoms with Gasteiger partial charge in [-0.05, 0) is 18.2 Å². The Labute approximate surface area is 110 Å². The van der Waals surface area contributed by atoms with Crippen molar-refractivity contribution in [1.29, 1.82) is 0 Å². The average Bonchev–Trinajstić information content (AvgIpc) is 2.94. The van der Waals surface area contributed by atoms with Gasteiger partial charge < -0.3 is 9.14 Å². The first-order chi connectivity index (χ1) is 9.38. The third-order valence-corrected chi connectivity index (χ3v) is 2.93. The molecule has 3 aromatic rings. The zero-order chi connectivity index (χ0) is 13.1. The van der Waals surface area contributed by atoms with Gasteiger partial charge >= 0.3 is 0 Å². The van der Waals surface area contributed by atoms with Crippen LogP contribution in [0.5, 0.6) is 5.75 Å². The van der Waals surface area contributed by atoms with Gasteiger partial charge in [-0.3, -0.25) is 4.79 Å². The number of para-hydroxylation sites is 1. The fraction of sp³-hybridized carbons (Fsp3) is 0.0667. The number of aromatic nitrogens is 2. The summed E-state index contributed by atoms with van der Waals surface area (Å²) in [5.74, 6) is 0.589. The highest BCUT2D eigenvalue weighted by atomic mass is 16.5. The highest BCUT2D eigenvalue weighted by molar-refractivity contribution is 5.79. The number of hydrogen-bond acceptors (Lipinski definition) is 3. The Morgan fingerprint density at radius 2 is 2.05 bits per heavy atom. The van der Waals surface area contributed by atoms with Gasteiger partial charge in [0.25, 0.3) is 0 Å². The summed E-state index contributed by atoms with van der Waals surface area (Å²) in [6, 6.07) is 11.1. The van der Waals surface area contributed by atoms with Crippen LogP contribution < -0.4 is 4.74 Å². The molecule has 0 saturated heterocycles. The molecule has 3 rings (SSSR count). The standard InChI is InChI=1S/C15H12N2O2/c18-10-12-4-1-2-6-14(12)19-11-13-5-3-8-17-9-7-16-15(13)17/h1-10H,11H2. The largest absolute Gasteiger partial charge is 0.488 e. The Hall–Kier alpha value is -2.62. The van der Waals surface area contributed by atoms with E-state index in [0.717, 1.165) is 17.5 Å². The molecule has 1 aromatic carbocycles. The molecule has 4 heteroatoms. The van der Waals surface area contributed by atoms with Crippen LogP contribution in [0.2, 0.25) is 0 Å². The molecule has 0 unspecified atom stereocenters. The Morgan fingerprint density at radius 1 is 1.16 bits per heavy atom. The molecule has 0 aliphatic carbocycles. The number of nitrogens with zero attached hydrogens (tertiary/aromatic N) is 2. The van der Waals surface area contributed by atoms with E-state index in [9.17, 15) is 4.79 Å². The summed E-state index contributed by atoms with van der Waals surface area (Å²) in [5.41, 5.74) is 2.40. The number of pyridine rings is 1. The predicted octanol–water partition coefficient (Wildman–Crippen LogP) is 2.73. The second-order valence-electron chi connectivity index (χ2n) is 4.14. The Morgan fingerprint density at radius 3 is 2.95 bits per heavy atom. The fourth-order valence-electron chi connectivity index (χ4n) is 1.99. The zero-order valence-electron chi connectivity index (χ0n) is 10.2. The minimum absolute atomic E-state index is 0.381. The summed E-state index contributed by atoms with van der Waals surface area (Å²) in [6.07, 6.45) is 6.37. The molecule has 0 fully saturated rings. The van der Waals surface area contributed by atoms with E-state index >= 15 is 0 Å². The van der Waals surface area contributed by atoms with Crippen LogP contribution >= 0.6 is 0 Å². The van der Waals surface area contributed by atoms with Crippen LogP contribution in [0.15, 0.2) is 55.0 Å². The van der Waals surface area contributed by atoms with Crippen LogP contribution in [-0.4, -0.2) is 15.7 Å². The molecule has 0 bridgehead atoms. The first-order valence-electron chi connectivity index (χ1n) is 5.96. The third-order valence-electron chi connectivity index (χ3n) is 2.93. The van der Waals surface area contributed by atoms with Gasteiger partial charge in [0.15, 0.2) is 6.29 Å². The van der Waals surface area contributed by atoms with E-state index in [1.807, 2.05) is 41.1 Å². The van der Waals surface area contributed by atoms with Gasteiger partial charge in [-0.15, -0.1) is 0 Å². The van der Waals surface area contributed by atoms with Crippen molar-refractivity contribution < 1.29 is 9.53 Å². The van der Waals surface area contributed by atoms with Crippen LogP contribution in [0.25, 0.3) is 5.65 Å². The van der Waals surface area contributed by atoms with Crippen molar-refractivity contribution in [3.63, 3.8) is 0 Å². The number of carbonyl (C=O) groups excluding carboxylic acids is 1. The second-order valence-corrected chi connectivity index (χ2v) is 4.14. The minimum Gasteiger partial charge on any atom is -0.488 e. The van der Waals surface area contributed by atoms with Gasteiger partial charge in [-0.1, -0.05) is 18.2 Å². The number of benzene rings is 1. The van der Waals surface area contributed by atoms with Crippen molar-refractivity contribution in [1.82, 2.24) is 9.38 Å². The molecule has 0 amide bonds. The Balaban J connectivity index is 1.86. The molecule has 0 radical (unpaired) electrons. The first kappa shape index (κ1) is 11.5. The summed E-state index contributed by atoms with van der Waals surface area (Å²) in [5, 5.41) is 0. The van der Waals surface area contributed by atoms with Gasteiger partial charge in [0, 0.05) is 24.2 Å². The van der Waals surface area contributed by atoms with Gasteiger partial charge in [0.2, 0.25) is 0 Å². The van der Waals surface area contributed by atoms with Gasteiger partial charge in [-0.2, -0.15) is 0 Å². The van der Waals surface area contributed by atoms with Crippen molar-refractivity contribution in [2.24, 2.45) is 0 Å². The zero-order valence-corrected chi connectivity index (χ0v) is 10.2. The van der Waals surface area contributed by atoms with E-state index in [2.05, 4.69) is 4.98 Å². The SMILES string of the molecule is O=Cc1ccccc1OCc1cccn2ccnc12. The summed E-state index contributed by atoms with van der Waals surface area (Å²) in [7, 11) is 0. The number of carbonyl (C=O) groups is 1. The molecule has 0 spiro atoms. The maximum atomic E-state index is 10.9. The molecule has 0 atom stereocenters. The lowest BCUT2D eigenvalue weighted by Crippen LogP contribution is -2.00. The lowest BCUT2D eigenvalue weighted by molar-refractivity contribution is 0.111. The van der Waals surface area contributed by atoms with Crippen LogP contribution in [0, 0.1) is 0 Å². The topological polar surface area (TPSA) is 43.6 Å². The normalized spacial score (nSPS) is 10.5. The number of rotatable bonds is 4. The molecule has 94 valence electrons. The average molecular weight is 252 g/mol. The van der Waals surface area contributed by atoms with E-state index in [4.69, 9.17) is 4.74 Å². The summed E-state index contributed by atoms with van der Waals surface area (Å²) in [6.45, 7) is 0.381. The van der Waals surface area contributed by atoms with Crippen LogP contribution in [0.4, 0.5) is 0 Å². The number of fused-ring (bicyclic) bond motifs is 1. The molecule has 19 heavy (non-hydrogen) atoms. The molecular formula is C15H12N2O2. The van der Waals surface area contributed by atoms with E-state index in [-0.39, 0.29) is 0 Å². The maximum Gasteiger partial charge on any atom is 0.153 e. The van der Waals surface area contributed by atoms with Crippen molar-refractivity contribution in [2.75, 3.05) is 0 Å². The quantitative estimate of drug-likeness (QED) is 0.670. The summed E-state index contributed by atoms with van der Waals surface area (Å²) < 4.78 is 7.64. The van der Waals surface area contributed by atoms with Gasteiger partial charge in [0.05, 0.1) is 5.56 Å². The third kappa shape index (κ3) is 2.20. The number of aldehydes is 1. The lowest BCUT2D eigenvalue weighted by atomic mass is 10.2. The van der Waals surface area contributed by atoms with Crippen LogP contribution in [0.1, 0.15) is 15.9 Å². The molecule has 4 nitrogen and oxygen atoms in total. The smallest absolute Gasteiger partial charge is 0.153 e. The van der Waals surface area contributed by atoms with Crippen molar-refractivity contribution in [2.45, 2.75) is 6.61 Å². The molecule has 0 aliphatic heterocycles. The Bertz CT molecular complexity index is 719. The van der Waals surface area contributed by atoms with E-state index in [1.165, 1.54) is 0 Å². The molecular weight excluding hydrogens is 240 g/mol. The predicted molar refractivity (Wildman–Crippen MR) is 71.4 cm³/mol. The lowest BCUT2D eigenvalue weighted by Gasteiger charge is -2.08. The second kappa shape index (κ2) is 4.94. The molecule has 2 heterocycles. The van der Waals surface area contributed by atoms with E-state index < -0.39 is 0 Å². The van der Waals surface area contributed by atoms with Crippen molar-refractivity contribution in [3.8, 4) is 5.75 Å². The molecule has 0 N–H and O–H groups in total. The monoisotopic (exact) mass is 252 g/mol. The molecule has 0 aliphatic rings. The minimum atomic E-state index is 0.381. The maximum absolute atomic E-state index is 10.9. The highest BCUT2D eigenvalue weighted by Crippen LogP contribution is 2.18. The number of imidazole rings is 1. The van der Waals surface area contributed by atoms with Crippen LogP contribution in [-0.2, 0) is 6.61 Å². The van der Waals surface area contributed by atoms with Gasteiger partial charge in [-0.25, -0.2) is 4.98 Å². The number of ether oxygens (including phenoxy) is 1. The molecule has 0 saturated carbocycles. The Kier molecular flexibility index (Phi) is 2.98. The fourth-order valence-corrected chi connectivity index (χ4v) is 1.99. The number of hydrogen-bond donors (Lipinski definition) is 0. The van der Waals surface area contributed by atoms with E-state index in [1.54, 1.807) is 18.3 Å². The van der Waals surface area contributed by atoms with Gasteiger partial charge in [0.1, 0.15) is 18.0 Å². The highest BCUT2D eigenvalue weighted by Gasteiger charge is 2.05. The summed E-state index contributed by atoms with van der Waals surface area (Å²) >= 11 is 0. The van der Waals surface area contributed by atoms with Crippen LogP contribution in [0.3, 0.4) is 0 Å². The summed E-state index contributed by atoms with van der Waals surface area (Å²) in [4.78, 5) is 15.2. The van der Waals surface area contributed by atoms with E-state index in [0.29, 0.717) is 17.9 Å². The first-order valence-corrected chi connectivity index (χ1v) is 5.96. The van der Waals surface area contributed by atoms with Crippen molar-refractivity contribution >= 4 is 11.9 Å². The molecule has 2 aromatic heterocycles. The van der Waals surface area contributed by atoms with Crippen molar-refractivity contribution in [3.05, 3.63) is 66.1 Å².